The van der Waals surface area contributed by atoms with E-state index in [1.165, 1.54) is 25.0 Å². The molecule has 0 N–H and O–H groups in total. The summed E-state index contributed by atoms with van der Waals surface area (Å²) in [4.78, 5) is 0.515. The molecule has 17 heavy (non-hydrogen) atoms. The van der Waals surface area contributed by atoms with Crippen molar-refractivity contribution in [3.8, 4) is 0 Å². The highest BCUT2D eigenvalue weighted by atomic mass is 79.9. The van der Waals surface area contributed by atoms with Gasteiger partial charge in [0.25, 0.3) is 0 Å². The monoisotopic (exact) mass is 366 g/mol. The molecule has 0 saturated heterocycles. The van der Waals surface area contributed by atoms with Crippen molar-refractivity contribution in [1.82, 2.24) is 0 Å². The van der Waals surface area contributed by atoms with Crippen molar-refractivity contribution in [3.63, 3.8) is 0 Å². The first-order valence-electron chi connectivity index (χ1n) is 5.86. The summed E-state index contributed by atoms with van der Waals surface area (Å²) in [5, 5.41) is 0. The van der Waals surface area contributed by atoms with E-state index in [9.17, 15) is 8.78 Å². The van der Waals surface area contributed by atoms with Crippen LogP contribution in [0.1, 0.15) is 31.2 Å². The van der Waals surface area contributed by atoms with Crippen molar-refractivity contribution in [1.29, 1.82) is 0 Å². The van der Waals surface area contributed by atoms with E-state index in [-0.39, 0.29) is 5.56 Å². The molecule has 1 aromatic rings. The maximum atomic E-state index is 13.7. The van der Waals surface area contributed by atoms with Crippen molar-refractivity contribution in [2.45, 2.75) is 36.9 Å². The van der Waals surface area contributed by atoms with Crippen LogP contribution in [-0.4, -0.2) is 4.83 Å². The van der Waals surface area contributed by atoms with Crippen LogP contribution in [0, 0.1) is 17.6 Å². The summed E-state index contributed by atoms with van der Waals surface area (Å²) < 4.78 is 27.5. The first-order valence-corrected chi connectivity index (χ1v) is 7.57. The molecule has 1 aromatic carbocycles. The molecule has 1 fully saturated rings. The molecule has 1 atom stereocenters. The van der Waals surface area contributed by atoms with Gasteiger partial charge in [0.05, 0.1) is 4.47 Å². The summed E-state index contributed by atoms with van der Waals surface area (Å²) in [7, 11) is 0. The van der Waals surface area contributed by atoms with Gasteiger partial charge in [-0.15, -0.1) is 0 Å². The molecule has 2 rings (SSSR count). The van der Waals surface area contributed by atoms with E-state index in [0.717, 1.165) is 18.8 Å². The van der Waals surface area contributed by atoms with Crippen molar-refractivity contribution in [2.24, 2.45) is 5.92 Å². The molecule has 1 saturated carbocycles. The number of alkyl halides is 1. The van der Waals surface area contributed by atoms with Crippen LogP contribution in [-0.2, 0) is 6.42 Å². The van der Waals surface area contributed by atoms with E-state index in [0.29, 0.717) is 15.7 Å². The molecule has 0 heterocycles. The van der Waals surface area contributed by atoms with Gasteiger partial charge in [0.15, 0.2) is 0 Å². The standard InChI is InChI=1S/C13H14Br2F2/c14-10(8-4-5-8)3-1-2-9-12(16)7-6-11(15)13(9)17/h6-8,10H,1-5H2. The van der Waals surface area contributed by atoms with Crippen molar-refractivity contribution < 1.29 is 8.78 Å². The van der Waals surface area contributed by atoms with Gasteiger partial charge in [-0.2, -0.15) is 0 Å². The third kappa shape index (κ3) is 3.50. The van der Waals surface area contributed by atoms with Gasteiger partial charge in [-0.1, -0.05) is 15.9 Å². The minimum absolute atomic E-state index is 0.204. The van der Waals surface area contributed by atoms with Gasteiger partial charge < -0.3 is 0 Å². The van der Waals surface area contributed by atoms with Crippen LogP contribution >= 0.6 is 31.9 Å². The third-order valence-corrected chi connectivity index (χ3v) is 5.00. The lowest BCUT2D eigenvalue weighted by Gasteiger charge is -2.09. The Bertz CT molecular complexity index is 403. The molecule has 0 bridgehead atoms. The van der Waals surface area contributed by atoms with Gasteiger partial charge in [-0.3, -0.25) is 0 Å². The molecule has 0 aliphatic heterocycles. The normalized spacial score (nSPS) is 17.2. The highest BCUT2D eigenvalue weighted by Gasteiger charge is 2.28. The second-order valence-electron chi connectivity index (χ2n) is 4.57. The lowest BCUT2D eigenvalue weighted by Crippen LogP contribution is -2.03. The number of rotatable bonds is 5. The largest absolute Gasteiger partial charge is 0.207 e. The Balaban J connectivity index is 1.91. The quantitative estimate of drug-likeness (QED) is 0.494. The van der Waals surface area contributed by atoms with E-state index in [1.807, 2.05) is 0 Å². The fraction of sp³-hybridized carbons (Fsp3) is 0.538. The van der Waals surface area contributed by atoms with E-state index >= 15 is 0 Å². The van der Waals surface area contributed by atoms with E-state index in [1.54, 1.807) is 0 Å². The number of halogens is 4. The molecule has 0 aromatic heterocycles. The van der Waals surface area contributed by atoms with Gasteiger partial charge >= 0.3 is 0 Å². The molecular weight excluding hydrogens is 354 g/mol. The summed E-state index contributed by atoms with van der Waals surface area (Å²) in [6.07, 6.45) is 4.84. The SMILES string of the molecule is Fc1ccc(Br)c(F)c1CCCC(Br)C1CC1. The van der Waals surface area contributed by atoms with Gasteiger partial charge in [-0.25, -0.2) is 8.78 Å². The summed E-state index contributed by atoms with van der Waals surface area (Å²) in [5.41, 5.74) is 0.204. The Morgan fingerprint density at radius 1 is 1.29 bits per heavy atom. The van der Waals surface area contributed by atoms with Gasteiger partial charge in [0.1, 0.15) is 11.6 Å². The molecule has 1 unspecified atom stereocenters. The van der Waals surface area contributed by atoms with Crippen molar-refractivity contribution >= 4 is 31.9 Å². The Morgan fingerprint density at radius 2 is 2.00 bits per heavy atom. The van der Waals surface area contributed by atoms with Gasteiger partial charge in [-0.05, 0) is 66.1 Å². The van der Waals surface area contributed by atoms with Crippen LogP contribution in [0.25, 0.3) is 0 Å². The molecule has 1 aliphatic rings. The number of benzene rings is 1. The molecule has 94 valence electrons. The lowest BCUT2D eigenvalue weighted by molar-refractivity contribution is 0.539. The minimum atomic E-state index is -0.456. The second-order valence-corrected chi connectivity index (χ2v) is 6.60. The fourth-order valence-electron chi connectivity index (χ4n) is 1.97. The molecular formula is C13H14Br2F2. The Labute approximate surface area is 117 Å². The Hall–Kier alpha value is 0.0400. The van der Waals surface area contributed by atoms with Crippen LogP contribution in [0.5, 0.6) is 0 Å². The number of hydrogen-bond acceptors (Lipinski definition) is 0. The van der Waals surface area contributed by atoms with Gasteiger partial charge in [0.2, 0.25) is 0 Å². The van der Waals surface area contributed by atoms with Crippen LogP contribution in [0.4, 0.5) is 8.78 Å². The zero-order valence-corrected chi connectivity index (χ0v) is 12.5. The van der Waals surface area contributed by atoms with Gasteiger partial charge in [0, 0.05) is 10.4 Å². The van der Waals surface area contributed by atoms with Crippen molar-refractivity contribution in [3.05, 3.63) is 33.8 Å². The molecule has 0 radical (unpaired) electrons. The van der Waals surface area contributed by atoms with Crippen LogP contribution in [0.15, 0.2) is 16.6 Å². The third-order valence-electron chi connectivity index (χ3n) is 3.18. The number of hydrogen-bond donors (Lipinski definition) is 0. The zero-order chi connectivity index (χ0) is 12.4. The first-order chi connectivity index (χ1) is 8.09. The van der Waals surface area contributed by atoms with Crippen LogP contribution < -0.4 is 0 Å². The zero-order valence-electron chi connectivity index (χ0n) is 9.36. The Morgan fingerprint density at radius 3 is 2.65 bits per heavy atom. The van der Waals surface area contributed by atoms with Crippen LogP contribution in [0.2, 0.25) is 0 Å². The maximum absolute atomic E-state index is 13.7. The van der Waals surface area contributed by atoms with Crippen LogP contribution in [0.3, 0.4) is 0 Å². The lowest BCUT2D eigenvalue weighted by atomic mass is 10.0. The highest BCUT2D eigenvalue weighted by molar-refractivity contribution is 9.10. The minimum Gasteiger partial charge on any atom is -0.207 e. The molecule has 4 heteroatoms. The average molecular weight is 368 g/mol. The smallest absolute Gasteiger partial charge is 0.143 e. The maximum Gasteiger partial charge on any atom is 0.143 e. The fourth-order valence-corrected chi connectivity index (χ4v) is 3.19. The molecule has 0 amide bonds. The van der Waals surface area contributed by atoms with Crippen molar-refractivity contribution in [2.75, 3.05) is 0 Å². The highest BCUT2D eigenvalue weighted by Crippen LogP contribution is 2.39. The summed E-state index contributed by atoms with van der Waals surface area (Å²) in [5.74, 6) is -0.113. The average Bonchev–Trinajstić information content (AvgIpc) is 3.12. The Kier molecular flexibility index (Phi) is 4.59. The first kappa shape index (κ1) is 13.5. The summed E-state index contributed by atoms with van der Waals surface area (Å²) >= 11 is 6.72. The molecule has 1 aliphatic carbocycles. The van der Waals surface area contributed by atoms with E-state index in [4.69, 9.17) is 0 Å². The predicted molar refractivity (Wildman–Crippen MR) is 72.4 cm³/mol. The topological polar surface area (TPSA) is 0 Å². The molecule has 0 nitrogen and oxygen atoms in total. The van der Waals surface area contributed by atoms with E-state index < -0.39 is 11.6 Å². The summed E-state index contributed by atoms with van der Waals surface area (Å²) in [6, 6.07) is 2.72. The predicted octanol–water partition coefficient (Wildman–Crippen LogP) is 5.22. The van der Waals surface area contributed by atoms with E-state index in [2.05, 4.69) is 31.9 Å². The summed E-state index contributed by atoms with van der Waals surface area (Å²) in [6.45, 7) is 0. The second kappa shape index (κ2) is 5.79. The molecule has 0 spiro atoms.